The molecule has 25 heavy (non-hydrogen) atoms. The van der Waals surface area contributed by atoms with Crippen LogP contribution in [0.25, 0.3) is 0 Å². The molecule has 7 heteroatoms. The SMILES string of the molecule is CN=C(NCCCN1CCCC(C(N)=O)C1)NCc1ccc(F)cc1. The number of piperidine rings is 1. The number of halogens is 1. The molecule has 0 saturated carbocycles. The number of benzene rings is 1. The van der Waals surface area contributed by atoms with Crippen molar-refractivity contribution >= 4 is 11.9 Å². The first-order chi connectivity index (χ1) is 12.1. The molecule has 6 nitrogen and oxygen atoms in total. The molecule has 0 radical (unpaired) electrons. The molecular weight excluding hydrogens is 321 g/mol. The maximum Gasteiger partial charge on any atom is 0.221 e. The van der Waals surface area contributed by atoms with Crippen molar-refractivity contribution in [2.24, 2.45) is 16.6 Å². The highest BCUT2D eigenvalue weighted by Gasteiger charge is 2.23. The Kier molecular flexibility index (Phi) is 7.66. The zero-order valence-corrected chi connectivity index (χ0v) is 14.8. The van der Waals surface area contributed by atoms with E-state index in [9.17, 15) is 9.18 Å². The Hall–Kier alpha value is -2.15. The third-order valence-corrected chi connectivity index (χ3v) is 4.45. The van der Waals surface area contributed by atoms with Gasteiger partial charge in [-0.2, -0.15) is 0 Å². The Morgan fingerprint density at radius 3 is 2.80 bits per heavy atom. The second-order valence-corrected chi connectivity index (χ2v) is 6.37. The van der Waals surface area contributed by atoms with Gasteiger partial charge in [0, 0.05) is 26.7 Å². The van der Waals surface area contributed by atoms with Crippen LogP contribution in [0.3, 0.4) is 0 Å². The van der Waals surface area contributed by atoms with Crippen molar-refractivity contribution in [2.75, 3.05) is 33.2 Å². The van der Waals surface area contributed by atoms with E-state index in [1.54, 1.807) is 19.2 Å². The molecule has 1 aromatic rings. The van der Waals surface area contributed by atoms with Crippen LogP contribution in [0.5, 0.6) is 0 Å². The van der Waals surface area contributed by atoms with Crippen molar-refractivity contribution in [3.05, 3.63) is 35.6 Å². The molecule has 0 aromatic heterocycles. The number of carbonyl (C=O) groups is 1. The fourth-order valence-electron chi connectivity index (χ4n) is 3.01. The second kappa shape index (κ2) is 9.98. The molecule has 1 aliphatic heterocycles. The van der Waals surface area contributed by atoms with Crippen LogP contribution in [-0.4, -0.2) is 50.0 Å². The van der Waals surface area contributed by atoms with Gasteiger partial charge in [-0.1, -0.05) is 12.1 Å². The van der Waals surface area contributed by atoms with Crippen molar-refractivity contribution in [2.45, 2.75) is 25.8 Å². The number of hydrogen-bond donors (Lipinski definition) is 3. The lowest BCUT2D eigenvalue weighted by molar-refractivity contribution is -0.123. The summed E-state index contributed by atoms with van der Waals surface area (Å²) in [7, 11) is 1.72. The molecule has 1 saturated heterocycles. The Bertz CT molecular complexity index is 575. The van der Waals surface area contributed by atoms with Crippen LogP contribution in [0, 0.1) is 11.7 Å². The van der Waals surface area contributed by atoms with Crippen molar-refractivity contribution < 1.29 is 9.18 Å². The summed E-state index contributed by atoms with van der Waals surface area (Å²) < 4.78 is 12.9. The summed E-state index contributed by atoms with van der Waals surface area (Å²) in [6, 6.07) is 6.40. The van der Waals surface area contributed by atoms with Gasteiger partial charge in [0.05, 0.1) is 5.92 Å². The van der Waals surface area contributed by atoms with E-state index in [0.717, 1.165) is 57.0 Å². The predicted molar refractivity (Wildman–Crippen MR) is 97.6 cm³/mol. The molecule has 0 aliphatic carbocycles. The molecule has 1 aliphatic rings. The number of amides is 1. The lowest BCUT2D eigenvalue weighted by Gasteiger charge is -2.31. The monoisotopic (exact) mass is 349 g/mol. The molecule has 1 heterocycles. The number of nitrogens with two attached hydrogens (primary N) is 1. The molecule has 1 aromatic carbocycles. The van der Waals surface area contributed by atoms with Crippen LogP contribution in [0.4, 0.5) is 4.39 Å². The van der Waals surface area contributed by atoms with E-state index in [1.165, 1.54) is 12.1 Å². The topological polar surface area (TPSA) is 82.8 Å². The summed E-state index contributed by atoms with van der Waals surface area (Å²) in [5.41, 5.74) is 6.40. The minimum absolute atomic E-state index is 0.00755. The number of guanidine groups is 1. The average molecular weight is 349 g/mol. The van der Waals surface area contributed by atoms with E-state index >= 15 is 0 Å². The van der Waals surface area contributed by atoms with E-state index < -0.39 is 0 Å². The highest BCUT2D eigenvalue weighted by Crippen LogP contribution is 2.15. The fourth-order valence-corrected chi connectivity index (χ4v) is 3.01. The summed E-state index contributed by atoms with van der Waals surface area (Å²) in [5, 5.41) is 6.48. The third-order valence-electron chi connectivity index (χ3n) is 4.45. The molecule has 2 rings (SSSR count). The van der Waals surface area contributed by atoms with Gasteiger partial charge in [-0.3, -0.25) is 9.79 Å². The fraction of sp³-hybridized carbons (Fsp3) is 0.556. The standard InChI is InChI=1S/C18H28FN5O/c1-21-18(23-12-14-5-7-16(19)8-6-14)22-9-3-11-24-10-2-4-15(13-24)17(20)25/h5-8,15H,2-4,9-13H2,1H3,(H2,20,25)(H2,21,22,23). The van der Waals surface area contributed by atoms with Crippen molar-refractivity contribution in [1.29, 1.82) is 0 Å². The first kappa shape index (κ1) is 19.2. The van der Waals surface area contributed by atoms with Gasteiger partial charge < -0.3 is 21.3 Å². The van der Waals surface area contributed by atoms with Crippen molar-refractivity contribution in [1.82, 2.24) is 15.5 Å². The van der Waals surface area contributed by atoms with Crippen molar-refractivity contribution in [3.8, 4) is 0 Å². The molecule has 1 atom stereocenters. The molecule has 0 spiro atoms. The largest absolute Gasteiger partial charge is 0.369 e. The first-order valence-corrected chi connectivity index (χ1v) is 8.79. The number of likely N-dealkylation sites (tertiary alicyclic amines) is 1. The molecule has 138 valence electrons. The Morgan fingerprint density at radius 2 is 2.12 bits per heavy atom. The Morgan fingerprint density at radius 1 is 1.36 bits per heavy atom. The number of rotatable bonds is 7. The molecule has 4 N–H and O–H groups in total. The molecular formula is C18H28FN5O. The summed E-state index contributed by atoms with van der Waals surface area (Å²) in [6.07, 6.45) is 2.90. The van der Waals surface area contributed by atoms with Gasteiger partial charge in [-0.25, -0.2) is 4.39 Å². The van der Waals surface area contributed by atoms with E-state index in [0.29, 0.717) is 6.54 Å². The van der Waals surface area contributed by atoms with Gasteiger partial charge in [0.2, 0.25) is 5.91 Å². The number of primary amides is 1. The highest BCUT2D eigenvalue weighted by molar-refractivity contribution is 5.79. The Balaban J connectivity index is 1.64. The van der Waals surface area contributed by atoms with E-state index in [4.69, 9.17) is 5.73 Å². The van der Waals surface area contributed by atoms with Crippen LogP contribution in [0.15, 0.2) is 29.3 Å². The zero-order valence-electron chi connectivity index (χ0n) is 14.8. The summed E-state index contributed by atoms with van der Waals surface area (Å²) >= 11 is 0. The minimum atomic E-state index is -0.234. The van der Waals surface area contributed by atoms with E-state index in [1.807, 2.05) is 0 Å². The van der Waals surface area contributed by atoms with Crippen molar-refractivity contribution in [3.63, 3.8) is 0 Å². The lowest BCUT2D eigenvalue weighted by atomic mass is 9.97. The highest BCUT2D eigenvalue weighted by atomic mass is 19.1. The van der Waals surface area contributed by atoms with Gasteiger partial charge in [-0.15, -0.1) is 0 Å². The predicted octanol–water partition coefficient (Wildman–Crippen LogP) is 1.08. The zero-order chi connectivity index (χ0) is 18.1. The van der Waals surface area contributed by atoms with Gasteiger partial charge >= 0.3 is 0 Å². The second-order valence-electron chi connectivity index (χ2n) is 6.37. The van der Waals surface area contributed by atoms with Gasteiger partial charge in [-0.05, 0) is 50.0 Å². The number of carbonyl (C=O) groups excluding carboxylic acids is 1. The van der Waals surface area contributed by atoms with Gasteiger partial charge in [0.25, 0.3) is 0 Å². The molecule has 0 bridgehead atoms. The Labute approximate surface area is 148 Å². The summed E-state index contributed by atoms with van der Waals surface area (Å²) in [6.45, 7) is 4.12. The van der Waals surface area contributed by atoms with Crippen LogP contribution >= 0.6 is 0 Å². The van der Waals surface area contributed by atoms with E-state index in [-0.39, 0.29) is 17.6 Å². The van der Waals surface area contributed by atoms with Gasteiger partial charge in [0.15, 0.2) is 5.96 Å². The summed E-state index contributed by atoms with van der Waals surface area (Å²) in [5.74, 6) is 0.292. The lowest BCUT2D eigenvalue weighted by Crippen LogP contribution is -2.42. The molecule has 1 unspecified atom stereocenters. The minimum Gasteiger partial charge on any atom is -0.369 e. The average Bonchev–Trinajstić information content (AvgIpc) is 2.62. The van der Waals surface area contributed by atoms with Gasteiger partial charge in [0.1, 0.15) is 5.82 Å². The number of nitrogens with one attached hydrogen (secondary N) is 2. The number of hydrogen-bond acceptors (Lipinski definition) is 3. The normalized spacial score (nSPS) is 18.8. The molecule has 1 amide bonds. The van der Waals surface area contributed by atoms with Crippen LogP contribution < -0.4 is 16.4 Å². The number of aliphatic imine (C=N–C) groups is 1. The smallest absolute Gasteiger partial charge is 0.221 e. The van der Waals surface area contributed by atoms with Crippen LogP contribution in [0.1, 0.15) is 24.8 Å². The quantitative estimate of drug-likeness (QED) is 0.391. The first-order valence-electron chi connectivity index (χ1n) is 8.79. The third kappa shape index (κ3) is 6.70. The number of nitrogens with zero attached hydrogens (tertiary/aromatic N) is 2. The van der Waals surface area contributed by atoms with Crippen LogP contribution in [0.2, 0.25) is 0 Å². The van der Waals surface area contributed by atoms with E-state index in [2.05, 4.69) is 20.5 Å². The van der Waals surface area contributed by atoms with Crippen LogP contribution in [-0.2, 0) is 11.3 Å². The maximum absolute atomic E-state index is 12.9. The maximum atomic E-state index is 12.9. The molecule has 1 fully saturated rings. The summed E-state index contributed by atoms with van der Waals surface area (Å²) in [4.78, 5) is 17.8.